The molecule has 118 valence electrons. The van der Waals surface area contributed by atoms with E-state index >= 15 is 0 Å². The number of rotatable bonds is 4. The molecule has 0 spiro atoms. The molecular weight excluding hydrogens is 316 g/mol. The van der Waals surface area contributed by atoms with E-state index in [9.17, 15) is 13.2 Å². The molecule has 0 amide bonds. The monoisotopic (exact) mass is 330 g/mol. The summed E-state index contributed by atoms with van der Waals surface area (Å²) in [5, 5.41) is 0. The van der Waals surface area contributed by atoms with Crippen LogP contribution in [0.25, 0.3) is 11.1 Å². The molecule has 0 atom stereocenters. The second kappa shape index (κ2) is 4.81. The summed E-state index contributed by atoms with van der Waals surface area (Å²) in [5.74, 6) is -0.606. The fourth-order valence-electron chi connectivity index (χ4n) is 2.74. The number of hydrogen-bond acceptors (Lipinski definition) is 4. The Hall–Kier alpha value is -2.38. The van der Waals surface area contributed by atoms with Gasteiger partial charge in [0.25, 0.3) is 0 Å². The summed E-state index contributed by atoms with van der Waals surface area (Å²) in [4.78, 5) is 13.8. The Morgan fingerprint density at radius 1 is 1.09 bits per heavy atom. The van der Waals surface area contributed by atoms with Crippen LogP contribution in [0, 0.1) is 0 Å². The molecule has 1 fully saturated rings. The highest BCUT2D eigenvalue weighted by Gasteiger charge is 2.47. The third-order valence-corrected chi connectivity index (χ3v) is 5.64. The summed E-state index contributed by atoms with van der Waals surface area (Å²) < 4.78 is 33.1. The Kier molecular flexibility index (Phi) is 2.97. The molecule has 1 heterocycles. The van der Waals surface area contributed by atoms with Crippen LogP contribution >= 0.6 is 0 Å². The minimum absolute atomic E-state index is 0.0787. The topological polar surface area (TPSA) is 92.2 Å². The molecule has 1 aliphatic rings. The zero-order valence-electron chi connectivity index (χ0n) is 12.1. The minimum atomic E-state index is -3.71. The summed E-state index contributed by atoms with van der Waals surface area (Å²) in [6, 6.07) is 13.9. The van der Waals surface area contributed by atoms with Crippen molar-refractivity contribution < 1.29 is 12.8 Å². The van der Waals surface area contributed by atoms with Crippen molar-refractivity contribution in [3.8, 4) is 0 Å². The van der Waals surface area contributed by atoms with Crippen molar-refractivity contribution in [1.29, 1.82) is 0 Å². The highest BCUT2D eigenvalue weighted by molar-refractivity contribution is 7.89. The lowest BCUT2D eigenvalue weighted by Crippen LogP contribution is -2.34. The molecule has 3 aromatic rings. The highest BCUT2D eigenvalue weighted by Crippen LogP contribution is 2.46. The predicted molar refractivity (Wildman–Crippen MR) is 84.5 cm³/mol. The van der Waals surface area contributed by atoms with E-state index in [1.54, 1.807) is 0 Å². The number of sulfonamides is 1. The van der Waals surface area contributed by atoms with E-state index in [0.717, 1.165) is 18.4 Å². The zero-order chi connectivity index (χ0) is 16.1. The Morgan fingerprint density at radius 3 is 2.52 bits per heavy atom. The molecule has 4 rings (SSSR count). The molecule has 2 N–H and O–H groups in total. The van der Waals surface area contributed by atoms with Crippen LogP contribution in [0.2, 0.25) is 0 Å². The summed E-state index contributed by atoms with van der Waals surface area (Å²) >= 11 is 0. The van der Waals surface area contributed by atoms with Crippen molar-refractivity contribution >= 4 is 21.1 Å². The molecule has 0 radical (unpaired) electrons. The number of aromatic amines is 1. The Balaban J connectivity index is 1.71. The van der Waals surface area contributed by atoms with Crippen molar-refractivity contribution in [1.82, 2.24) is 9.71 Å². The molecule has 0 bridgehead atoms. The average molecular weight is 330 g/mol. The van der Waals surface area contributed by atoms with Crippen LogP contribution in [0.5, 0.6) is 0 Å². The van der Waals surface area contributed by atoms with Gasteiger partial charge in [-0.1, -0.05) is 30.3 Å². The van der Waals surface area contributed by atoms with Gasteiger partial charge in [0, 0.05) is 6.07 Å². The smallest absolute Gasteiger partial charge is 0.408 e. The van der Waals surface area contributed by atoms with Gasteiger partial charge in [-0.2, -0.15) is 0 Å². The second-order valence-electron chi connectivity index (χ2n) is 5.73. The molecule has 0 aliphatic heterocycles. The van der Waals surface area contributed by atoms with Gasteiger partial charge in [0.1, 0.15) is 0 Å². The second-order valence-corrected chi connectivity index (χ2v) is 7.41. The maximum absolute atomic E-state index is 12.7. The minimum Gasteiger partial charge on any atom is -0.408 e. The van der Waals surface area contributed by atoms with E-state index in [0.29, 0.717) is 5.52 Å². The van der Waals surface area contributed by atoms with Gasteiger partial charge in [-0.25, -0.2) is 17.9 Å². The van der Waals surface area contributed by atoms with Crippen LogP contribution in [-0.2, 0) is 15.6 Å². The summed E-state index contributed by atoms with van der Waals surface area (Å²) in [6.07, 6.45) is 1.52. The molecule has 0 unspecified atom stereocenters. The number of fused-ring (bicyclic) bond motifs is 1. The Labute approximate surface area is 132 Å². The first-order chi connectivity index (χ1) is 11.0. The van der Waals surface area contributed by atoms with Gasteiger partial charge in [0.05, 0.1) is 16.0 Å². The van der Waals surface area contributed by atoms with E-state index in [1.165, 1.54) is 18.2 Å². The van der Waals surface area contributed by atoms with E-state index in [4.69, 9.17) is 4.42 Å². The van der Waals surface area contributed by atoms with Crippen LogP contribution in [0.3, 0.4) is 0 Å². The first-order valence-electron chi connectivity index (χ1n) is 7.21. The van der Waals surface area contributed by atoms with Gasteiger partial charge in [0.15, 0.2) is 5.58 Å². The lowest BCUT2D eigenvalue weighted by Gasteiger charge is -2.18. The van der Waals surface area contributed by atoms with Crippen LogP contribution in [0.4, 0.5) is 0 Å². The van der Waals surface area contributed by atoms with Crippen LogP contribution < -0.4 is 10.5 Å². The maximum atomic E-state index is 12.7. The molecule has 23 heavy (non-hydrogen) atoms. The number of aromatic nitrogens is 1. The first-order valence-corrected chi connectivity index (χ1v) is 8.69. The van der Waals surface area contributed by atoms with Gasteiger partial charge in [0.2, 0.25) is 10.0 Å². The Bertz CT molecular complexity index is 1030. The van der Waals surface area contributed by atoms with Crippen LogP contribution in [0.15, 0.2) is 62.6 Å². The zero-order valence-corrected chi connectivity index (χ0v) is 12.9. The molecular formula is C16H14N2O4S. The summed E-state index contributed by atoms with van der Waals surface area (Å²) in [6.45, 7) is 0. The van der Waals surface area contributed by atoms with Crippen molar-refractivity contribution in [2.45, 2.75) is 23.3 Å². The highest BCUT2D eigenvalue weighted by atomic mass is 32.2. The lowest BCUT2D eigenvalue weighted by atomic mass is 10.1. The maximum Gasteiger partial charge on any atom is 0.417 e. The summed E-state index contributed by atoms with van der Waals surface area (Å²) in [5.41, 5.74) is 1.12. The van der Waals surface area contributed by atoms with E-state index in [1.807, 2.05) is 30.3 Å². The third-order valence-electron chi connectivity index (χ3n) is 4.11. The molecule has 2 aromatic carbocycles. The van der Waals surface area contributed by atoms with Crippen molar-refractivity contribution in [2.24, 2.45) is 0 Å². The Morgan fingerprint density at radius 2 is 1.83 bits per heavy atom. The fourth-order valence-corrected chi connectivity index (χ4v) is 4.20. The quantitative estimate of drug-likeness (QED) is 0.766. The van der Waals surface area contributed by atoms with Gasteiger partial charge >= 0.3 is 5.76 Å². The predicted octanol–water partition coefficient (Wildman–Crippen LogP) is 2.09. The van der Waals surface area contributed by atoms with E-state index in [2.05, 4.69) is 9.71 Å². The number of H-pyrrole nitrogens is 1. The molecule has 6 nitrogen and oxygen atoms in total. The first kappa shape index (κ1) is 14.2. The van der Waals surface area contributed by atoms with Crippen LogP contribution in [-0.4, -0.2) is 13.4 Å². The third kappa shape index (κ3) is 2.47. The number of oxazole rings is 1. The normalized spacial score (nSPS) is 16.5. The number of benzene rings is 2. The molecule has 1 aromatic heterocycles. The van der Waals surface area contributed by atoms with Crippen molar-refractivity contribution in [3.05, 3.63) is 64.6 Å². The molecule has 7 heteroatoms. The standard InChI is InChI=1S/C16H14N2O4S/c19-15-17-13-7-6-12(10-14(13)22-15)23(20,21)18-16(8-9-16)11-4-2-1-3-5-11/h1-7,10,18H,8-9H2,(H,17,19). The van der Waals surface area contributed by atoms with Gasteiger partial charge in [-0.3, -0.25) is 4.98 Å². The van der Waals surface area contributed by atoms with Crippen molar-refractivity contribution in [2.75, 3.05) is 0 Å². The van der Waals surface area contributed by atoms with Gasteiger partial charge < -0.3 is 4.42 Å². The van der Waals surface area contributed by atoms with Crippen LogP contribution in [0.1, 0.15) is 18.4 Å². The summed E-state index contributed by atoms with van der Waals surface area (Å²) in [7, 11) is -3.71. The van der Waals surface area contributed by atoms with E-state index < -0.39 is 21.3 Å². The largest absolute Gasteiger partial charge is 0.417 e. The molecule has 1 saturated carbocycles. The number of hydrogen-bond donors (Lipinski definition) is 2. The number of nitrogens with one attached hydrogen (secondary N) is 2. The SMILES string of the molecule is O=c1[nH]c2ccc(S(=O)(=O)NC3(c4ccccc4)CC3)cc2o1. The molecule has 1 aliphatic carbocycles. The average Bonchev–Trinajstić information content (AvgIpc) is 3.20. The van der Waals surface area contributed by atoms with Gasteiger partial charge in [-0.05, 0) is 30.5 Å². The molecule has 0 saturated heterocycles. The lowest BCUT2D eigenvalue weighted by molar-refractivity contribution is 0.546. The van der Waals surface area contributed by atoms with Crippen molar-refractivity contribution in [3.63, 3.8) is 0 Å². The van der Waals surface area contributed by atoms with E-state index in [-0.39, 0.29) is 10.5 Å². The van der Waals surface area contributed by atoms with Gasteiger partial charge in [-0.15, -0.1) is 0 Å². The fraction of sp³-hybridized carbons (Fsp3) is 0.188.